The molecule has 1 aromatic carbocycles. The number of benzene rings is 1. The summed E-state index contributed by atoms with van der Waals surface area (Å²) >= 11 is 0. The lowest BCUT2D eigenvalue weighted by Crippen LogP contribution is -2.17. The predicted molar refractivity (Wildman–Crippen MR) is 82.4 cm³/mol. The maximum absolute atomic E-state index is 12.6. The molecule has 0 bridgehead atoms. The molecule has 0 aliphatic heterocycles. The van der Waals surface area contributed by atoms with Crippen LogP contribution in [0.25, 0.3) is 10.9 Å². The number of nitrogens with one attached hydrogen (secondary N) is 1. The number of rotatable bonds is 5. The summed E-state index contributed by atoms with van der Waals surface area (Å²) in [6.07, 6.45) is 1.89. The normalized spacial score (nSPS) is 13.2. The first-order valence-electron chi connectivity index (χ1n) is 7.22. The number of hydrogen-bond acceptors (Lipinski definition) is 2. The van der Waals surface area contributed by atoms with Crippen LogP contribution in [0.5, 0.6) is 5.75 Å². The lowest BCUT2D eigenvalue weighted by molar-refractivity contribution is 0.0901. The van der Waals surface area contributed by atoms with E-state index in [0.717, 1.165) is 22.2 Å². The average Bonchev–Trinajstić information content (AvgIpc) is 2.81. The summed E-state index contributed by atoms with van der Waals surface area (Å²) in [7, 11) is 0. The van der Waals surface area contributed by atoms with Gasteiger partial charge in [-0.15, -0.1) is 0 Å². The molecular weight excluding hydrogens is 250 g/mol. The molecule has 3 heteroatoms. The van der Waals surface area contributed by atoms with Crippen LogP contribution in [0.1, 0.15) is 45.0 Å². The molecule has 0 radical (unpaired) electrons. The fourth-order valence-electron chi connectivity index (χ4n) is 2.25. The molecule has 0 aliphatic carbocycles. The molecule has 2 rings (SSSR count). The van der Waals surface area contributed by atoms with Crippen LogP contribution in [0, 0.1) is 11.8 Å². The summed E-state index contributed by atoms with van der Waals surface area (Å²) in [5, 5.41) is 0.902. The lowest BCUT2D eigenvalue weighted by atomic mass is 9.89. The van der Waals surface area contributed by atoms with Gasteiger partial charge in [-0.25, -0.2) is 0 Å². The molecule has 1 heterocycles. The zero-order chi connectivity index (χ0) is 14.9. The smallest absolute Gasteiger partial charge is 0.168 e. The molecule has 3 nitrogen and oxygen atoms in total. The molecule has 0 aliphatic rings. The lowest BCUT2D eigenvalue weighted by Gasteiger charge is -2.15. The Morgan fingerprint density at radius 1 is 1.15 bits per heavy atom. The molecule has 20 heavy (non-hydrogen) atoms. The van der Waals surface area contributed by atoms with Crippen molar-refractivity contribution >= 4 is 16.7 Å². The maximum Gasteiger partial charge on any atom is 0.168 e. The van der Waals surface area contributed by atoms with Gasteiger partial charge in [-0.1, -0.05) is 26.8 Å². The third kappa shape index (κ3) is 2.72. The van der Waals surface area contributed by atoms with Gasteiger partial charge < -0.3 is 9.72 Å². The van der Waals surface area contributed by atoms with E-state index in [1.807, 2.05) is 39.0 Å². The Kier molecular flexibility index (Phi) is 4.17. The minimum atomic E-state index is 0.00102. The first-order chi connectivity index (χ1) is 9.41. The van der Waals surface area contributed by atoms with Crippen molar-refractivity contribution in [1.29, 1.82) is 0 Å². The predicted octanol–water partition coefficient (Wildman–Crippen LogP) is 4.43. The van der Waals surface area contributed by atoms with Crippen LogP contribution in [0.15, 0.2) is 24.4 Å². The summed E-state index contributed by atoms with van der Waals surface area (Å²) in [5.74, 6) is 1.27. The number of carbonyl (C=O) groups is 1. The van der Waals surface area contributed by atoms with Crippen LogP contribution in [0.3, 0.4) is 0 Å². The van der Waals surface area contributed by atoms with Crippen molar-refractivity contribution in [2.24, 2.45) is 11.8 Å². The summed E-state index contributed by atoms with van der Waals surface area (Å²) in [6.45, 7) is 10.1. The van der Waals surface area contributed by atoms with Gasteiger partial charge in [0.15, 0.2) is 5.78 Å². The van der Waals surface area contributed by atoms with E-state index in [-0.39, 0.29) is 17.8 Å². The van der Waals surface area contributed by atoms with E-state index in [0.29, 0.717) is 5.92 Å². The van der Waals surface area contributed by atoms with Crippen molar-refractivity contribution in [1.82, 2.24) is 4.98 Å². The summed E-state index contributed by atoms with van der Waals surface area (Å²) in [4.78, 5) is 15.8. The van der Waals surface area contributed by atoms with Crippen LogP contribution in [0.2, 0.25) is 0 Å². The second kappa shape index (κ2) is 5.70. The van der Waals surface area contributed by atoms with Gasteiger partial charge in [-0.05, 0) is 31.9 Å². The van der Waals surface area contributed by atoms with Crippen LogP contribution in [0.4, 0.5) is 0 Å². The fourth-order valence-corrected chi connectivity index (χ4v) is 2.25. The molecule has 0 saturated carbocycles. The molecular formula is C17H23NO2. The van der Waals surface area contributed by atoms with Gasteiger partial charge in [-0.2, -0.15) is 0 Å². The SMILES string of the molecule is CC(C)Oc1cccc2[nH]cc(C(=O)C(C)C(C)C)c12. The molecule has 0 saturated heterocycles. The van der Waals surface area contributed by atoms with Gasteiger partial charge in [-0.3, -0.25) is 4.79 Å². The number of hydrogen-bond donors (Lipinski definition) is 1. The number of aromatic amines is 1. The quantitative estimate of drug-likeness (QED) is 0.819. The largest absolute Gasteiger partial charge is 0.490 e. The van der Waals surface area contributed by atoms with Crippen molar-refractivity contribution in [2.75, 3.05) is 0 Å². The Balaban J connectivity index is 2.52. The van der Waals surface area contributed by atoms with Gasteiger partial charge in [0.2, 0.25) is 0 Å². The number of ketones is 1. The van der Waals surface area contributed by atoms with Crippen LogP contribution in [-0.2, 0) is 0 Å². The highest BCUT2D eigenvalue weighted by Crippen LogP contribution is 2.31. The molecule has 108 valence electrons. The highest BCUT2D eigenvalue weighted by molar-refractivity contribution is 6.10. The number of carbonyl (C=O) groups excluding carboxylic acids is 1. The Hall–Kier alpha value is -1.77. The minimum Gasteiger partial charge on any atom is -0.490 e. The number of fused-ring (bicyclic) bond motifs is 1. The molecule has 1 aromatic heterocycles. The minimum absolute atomic E-state index is 0.00102. The molecule has 1 N–H and O–H groups in total. The molecule has 1 unspecified atom stereocenters. The Bertz CT molecular complexity index is 610. The number of Topliss-reactive ketones (excluding diaryl/α,β-unsaturated/α-hetero) is 1. The van der Waals surface area contributed by atoms with Gasteiger partial charge in [0.05, 0.1) is 11.5 Å². The molecule has 0 fully saturated rings. The Morgan fingerprint density at radius 3 is 2.45 bits per heavy atom. The van der Waals surface area contributed by atoms with Crippen molar-refractivity contribution < 1.29 is 9.53 Å². The summed E-state index contributed by atoms with van der Waals surface area (Å²) < 4.78 is 5.84. The molecule has 2 aromatic rings. The third-order valence-electron chi connectivity index (χ3n) is 3.71. The topological polar surface area (TPSA) is 42.1 Å². The van der Waals surface area contributed by atoms with E-state index in [1.54, 1.807) is 6.20 Å². The summed E-state index contributed by atoms with van der Waals surface area (Å²) in [6, 6.07) is 5.84. The van der Waals surface area contributed by atoms with Crippen LogP contribution < -0.4 is 4.74 Å². The molecule has 1 atom stereocenters. The van der Waals surface area contributed by atoms with Crippen molar-refractivity contribution in [3.63, 3.8) is 0 Å². The van der Waals surface area contributed by atoms with Gasteiger partial charge >= 0.3 is 0 Å². The van der Waals surface area contributed by atoms with Crippen molar-refractivity contribution in [3.05, 3.63) is 30.0 Å². The van der Waals surface area contributed by atoms with Gasteiger partial charge in [0.1, 0.15) is 5.75 Å². The van der Waals surface area contributed by atoms with E-state index in [4.69, 9.17) is 4.74 Å². The van der Waals surface area contributed by atoms with Gasteiger partial charge in [0, 0.05) is 23.2 Å². The van der Waals surface area contributed by atoms with Crippen molar-refractivity contribution in [2.45, 2.75) is 40.7 Å². The van der Waals surface area contributed by atoms with E-state index in [2.05, 4.69) is 18.8 Å². The first kappa shape index (κ1) is 14.6. The maximum atomic E-state index is 12.6. The van der Waals surface area contributed by atoms with Crippen molar-refractivity contribution in [3.8, 4) is 5.75 Å². The zero-order valence-corrected chi connectivity index (χ0v) is 12.9. The average molecular weight is 273 g/mol. The van der Waals surface area contributed by atoms with E-state index in [9.17, 15) is 4.79 Å². The highest BCUT2D eigenvalue weighted by atomic mass is 16.5. The van der Waals surface area contributed by atoms with E-state index >= 15 is 0 Å². The molecule has 0 amide bonds. The second-order valence-corrected chi connectivity index (χ2v) is 5.94. The van der Waals surface area contributed by atoms with Gasteiger partial charge in [0.25, 0.3) is 0 Å². The highest BCUT2D eigenvalue weighted by Gasteiger charge is 2.23. The number of ether oxygens (including phenoxy) is 1. The third-order valence-corrected chi connectivity index (χ3v) is 3.71. The second-order valence-electron chi connectivity index (χ2n) is 5.94. The van der Waals surface area contributed by atoms with Crippen LogP contribution in [-0.4, -0.2) is 16.9 Å². The van der Waals surface area contributed by atoms with E-state index in [1.165, 1.54) is 0 Å². The molecule has 0 spiro atoms. The monoisotopic (exact) mass is 273 g/mol. The van der Waals surface area contributed by atoms with E-state index < -0.39 is 0 Å². The first-order valence-corrected chi connectivity index (χ1v) is 7.22. The fraction of sp³-hybridized carbons (Fsp3) is 0.471. The summed E-state index contributed by atoms with van der Waals surface area (Å²) in [5.41, 5.74) is 1.68. The van der Waals surface area contributed by atoms with Crippen LogP contribution >= 0.6 is 0 Å². The number of aromatic nitrogens is 1. The Morgan fingerprint density at radius 2 is 1.85 bits per heavy atom. The standard InChI is InChI=1S/C17H23NO2/c1-10(2)12(5)17(19)13-9-18-14-7-6-8-15(16(13)14)20-11(3)4/h6-12,18H,1-5H3. The number of H-pyrrole nitrogens is 1. The Labute approximate surface area is 120 Å². The zero-order valence-electron chi connectivity index (χ0n) is 12.9.